The van der Waals surface area contributed by atoms with Crippen molar-refractivity contribution in [1.29, 1.82) is 0 Å². The van der Waals surface area contributed by atoms with Crippen molar-refractivity contribution in [1.82, 2.24) is 0 Å². The third-order valence-corrected chi connectivity index (χ3v) is 2.94. The van der Waals surface area contributed by atoms with Gasteiger partial charge >= 0.3 is 5.97 Å². The fourth-order valence-electron chi connectivity index (χ4n) is 1.99. The van der Waals surface area contributed by atoms with E-state index in [0.29, 0.717) is 6.42 Å². The fourth-order valence-corrected chi connectivity index (χ4v) is 1.99. The van der Waals surface area contributed by atoms with Crippen LogP contribution in [0.2, 0.25) is 0 Å². The van der Waals surface area contributed by atoms with Gasteiger partial charge in [-0.05, 0) is 19.8 Å². The molecule has 0 bridgehead atoms. The highest BCUT2D eigenvalue weighted by Gasteiger charge is 2.45. The number of methoxy groups -OCH3 is 1. The van der Waals surface area contributed by atoms with Crippen LogP contribution in [-0.2, 0) is 14.3 Å². The highest BCUT2D eigenvalue weighted by atomic mass is 16.5. The molecule has 13 heavy (non-hydrogen) atoms. The summed E-state index contributed by atoms with van der Waals surface area (Å²) in [5, 5.41) is 0. The molecule has 1 fully saturated rings. The molecule has 74 valence electrons. The van der Waals surface area contributed by atoms with Gasteiger partial charge in [0, 0.05) is 5.92 Å². The van der Waals surface area contributed by atoms with E-state index < -0.39 is 5.41 Å². The van der Waals surface area contributed by atoms with E-state index in [1.165, 1.54) is 7.11 Å². The van der Waals surface area contributed by atoms with Gasteiger partial charge in [0.2, 0.25) is 0 Å². The summed E-state index contributed by atoms with van der Waals surface area (Å²) >= 11 is 0. The van der Waals surface area contributed by atoms with E-state index in [1.54, 1.807) is 6.92 Å². The number of rotatable bonds is 1. The number of ketones is 1. The van der Waals surface area contributed by atoms with E-state index in [-0.39, 0.29) is 17.7 Å². The SMILES string of the molecule is COC(=O)[C@]1(C)CCC[C@H](C)C1=O. The Balaban J connectivity index is 2.87. The molecule has 0 amide bonds. The Hall–Kier alpha value is -0.860. The molecule has 0 aromatic heterocycles. The third kappa shape index (κ3) is 1.60. The van der Waals surface area contributed by atoms with Gasteiger partial charge in [0.1, 0.15) is 5.41 Å². The maximum Gasteiger partial charge on any atom is 0.319 e. The Morgan fingerprint density at radius 2 is 2.23 bits per heavy atom. The maximum absolute atomic E-state index is 11.7. The quantitative estimate of drug-likeness (QED) is 0.458. The molecule has 2 atom stereocenters. The first kappa shape index (κ1) is 10.2. The third-order valence-electron chi connectivity index (χ3n) is 2.94. The van der Waals surface area contributed by atoms with Gasteiger partial charge in [-0.15, -0.1) is 0 Å². The van der Waals surface area contributed by atoms with Crippen molar-refractivity contribution in [2.24, 2.45) is 11.3 Å². The average Bonchev–Trinajstić information content (AvgIpc) is 2.13. The first-order valence-electron chi connectivity index (χ1n) is 4.65. The van der Waals surface area contributed by atoms with Crippen molar-refractivity contribution >= 4 is 11.8 Å². The summed E-state index contributed by atoms with van der Waals surface area (Å²) in [5.74, 6) is -0.354. The summed E-state index contributed by atoms with van der Waals surface area (Å²) in [5.41, 5.74) is -0.883. The van der Waals surface area contributed by atoms with E-state index in [2.05, 4.69) is 4.74 Å². The van der Waals surface area contributed by atoms with Crippen LogP contribution < -0.4 is 0 Å². The first-order valence-corrected chi connectivity index (χ1v) is 4.65. The molecule has 1 rings (SSSR count). The Kier molecular flexibility index (Phi) is 2.74. The molecular weight excluding hydrogens is 168 g/mol. The van der Waals surface area contributed by atoms with Gasteiger partial charge in [-0.3, -0.25) is 9.59 Å². The summed E-state index contributed by atoms with van der Waals surface area (Å²) in [7, 11) is 1.33. The molecule has 1 aliphatic rings. The second-order valence-corrected chi connectivity index (χ2v) is 3.98. The zero-order chi connectivity index (χ0) is 10.1. The smallest absolute Gasteiger partial charge is 0.319 e. The topological polar surface area (TPSA) is 43.4 Å². The van der Waals surface area contributed by atoms with E-state index in [0.717, 1.165) is 12.8 Å². The lowest BCUT2D eigenvalue weighted by molar-refractivity contribution is -0.160. The Morgan fingerprint density at radius 1 is 1.62 bits per heavy atom. The zero-order valence-corrected chi connectivity index (χ0v) is 8.42. The minimum Gasteiger partial charge on any atom is -0.468 e. The highest BCUT2D eigenvalue weighted by Crippen LogP contribution is 2.36. The van der Waals surface area contributed by atoms with Crippen LogP contribution in [0.3, 0.4) is 0 Å². The summed E-state index contributed by atoms with van der Waals surface area (Å²) in [4.78, 5) is 23.1. The van der Waals surface area contributed by atoms with E-state index in [4.69, 9.17) is 0 Å². The van der Waals surface area contributed by atoms with Crippen molar-refractivity contribution in [2.45, 2.75) is 33.1 Å². The molecule has 0 aliphatic heterocycles. The number of ether oxygens (including phenoxy) is 1. The van der Waals surface area contributed by atoms with Crippen LogP contribution in [0.25, 0.3) is 0 Å². The minimum absolute atomic E-state index is 0.00199. The maximum atomic E-state index is 11.7. The standard InChI is InChI=1S/C10H16O3/c1-7-5-4-6-10(2,8(7)11)9(12)13-3/h7H,4-6H2,1-3H3/t7-,10+/m0/s1. The lowest BCUT2D eigenvalue weighted by atomic mass is 9.70. The molecule has 1 saturated carbocycles. The predicted molar refractivity (Wildman–Crippen MR) is 48.1 cm³/mol. The van der Waals surface area contributed by atoms with Crippen molar-refractivity contribution in [2.75, 3.05) is 7.11 Å². The van der Waals surface area contributed by atoms with Gasteiger partial charge in [0.15, 0.2) is 5.78 Å². The van der Waals surface area contributed by atoms with E-state index in [1.807, 2.05) is 6.92 Å². The normalized spacial score (nSPS) is 34.4. The molecule has 0 radical (unpaired) electrons. The van der Waals surface area contributed by atoms with Crippen LogP contribution in [0.5, 0.6) is 0 Å². The number of hydrogen-bond donors (Lipinski definition) is 0. The van der Waals surface area contributed by atoms with Crippen molar-refractivity contribution in [3.8, 4) is 0 Å². The molecule has 0 unspecified atom stereocenters. The molecule has 3 heteroatoms. The summed E-state index contributed by atoms with van der Waals surface area (Å²) < 4.78 is 4.65. The number of carbonyl (C=O) groups excluding carboxylic acids is 2. The zero-order valence-electron chi connectivity index (χ0n) is 8.42. The average molecular weight is 184 g/mol. The predicted octanol–water partition coefficient (Wildman–Crippen LogP) is 1.55. The molecule has 0 N–H and O–H groups in total. The fraction of sp³-hybridized carbons (Fsp3) is 0.800. The van der Waals surface area contributed by atoms with Gasteiger partial charge in [-0.1, -0.05) is 13.3 Å². The summed E-state index contributed by atoms with van der Waals surface area (Å²) in [6, 6.07) is 0. The van der Waals surface area contributed by atoms with Gasteiger partial charge in [0.25, 0.3) is 0 Å². The van der Waals surface area contributed by atoms with Crippen molar-refractivity contribution in [3.63, 3.8) is 0 Å². The highest BCUT2D eigenvalue weighted by molar-refractivity contribution is 6.04. The summed E-state index contributed by atoms with van der Waals surface area (Å²) in [6.07, 6.45) is 2.45. The number of esters is 1. The second kappa shape index (κ2) is 3.48. The van der Waals surface area contributed by atoms with Gasteiger partial charge < -0.3 is 4.74 Å². The Labute approximate surface area is 78.5 Å². The molecule has 1 aliphatic carbocycles. The summed E-state index contributed by atoms with van der Waals surface area (Å²) in [6.45, 7) is 3.57. The molecule has 0 heterocycles. The van der Waals surface area contributed by atoms with Crippen LogP contribution in [0.15, 0.2) is 0 Å². The number of Topliss-reactive ketones (excluding diaryl/α,β-unsaturated/α-hetero) is 1. The number of hydrogen-bond acceptors (Lipinski definition) is 3. The van der Waals surface area contributed by atoms with Crippen LogP contribution in [0.4, 0.5) is 0 Å². The molecule has 0 aromatic carbocycles. The largest absolute Gasteiger partial charge is 0.468 e. The van der Waals surface area contributed by atoms with Gasteiger partial charge in [-0.2, -0.15) is 0 Å². The van der Waals surface area contributed by atoms with Gasteiger partial charge in [0.05, 0.1) is 7.11 Å². The van der Waals surface area contributed by atoms with Crippen LogP contribution >= 0.6 is 0 Å². The van der Waals surface area contributed by atoms with Crippen molar-refractivity contribution in [3.05, 3.63) is 0 Å². The molecule has 0 saturated heterocycles. The van der Waals surface area contributed by atoms with Crippen LogP contribution in [0.1, 0.15) is 33.1 Å². The number of carbonyl (C=O) groups is 2. The van der Waals surface area contributed by atoms with Crippen LogP contribution in [-0.4, -0.2) is 18.9 Å². The molecule has 3 nitrogen and oxygen atoms in total. The minimum atomic E-state index is -0.883. The lowest BCUT2D eigenvalue weighted by Gasteiger charge is -2.32. The molecular formula is C10H16O3. The lowest BCUT2D eigenvalue weighted by Crippen LogP contribution is -2.43. The second-order valence-electron chi connectivity index (χ2n) is 3.98. The monoisotopic (exact) mass is 184 g/mol. The first-order chi connectivity index (χ1) is 6.02. The molecule has 0 spiro atoms. The van der Waals surface area contributed by atoms with E-state index in [9.17, 15) is 9.59 Å². The Bertz CT molecular complexity index is 234. The van der Waals surface area contributed by atoms with Gasteiger partial charge in [-0.25, -0.2) is 0 Å². The van der Waals surface area contributed by atoms with E-state index >= 15 is 0 Å². The van der Waals surface area contributed by atoms with Crippen LogP contribution in [0, 0.1) is 11.3 Å². The molecule has 0 aromatic rings. The Morgan fingerprint density at radius 3 is 2.77 bits per heavy atom. The van der Waals surface area contributed by atoms with Crippen molar-refractivity contribution < 1.29 is 14.3 Å².